The van der Waals surface area contributed by atoms with E-state index in [1.807, 2.05) is 19.1 Å². The third-order valence-corrected chi connectivity index (χ3v) is 3.44. The molecular formula is C17H18ClNO3. The van der Waals surface area contributed by atoms with Crippen LogP contribution in [-0.2, 0) is 4.79 Å². The number of rotatable bonds is 6. The van der Waals surface area contributed by atoms with E-state index in [4.69, 9.17) is 21.1 Å². The summed E-state index contributed by atoms with van der Waals surface area (Å²) in [6, 6.07) is 14.2. The van der Waals surface area contributed by atoms with Crippen LogP contribution in [0.1, 0.15) is 13.3 Å². The lowest BCUT2D eigenvalue weighted by atomic mass is 10.2. The number of anilines is 1. The first-order valence-electron chi connectivity index (χ1n) is 7.00. The molecule has 0 spiro atoms. The van der Waals surface area contributed by atoms with Crippen LogP contribution in [0.25, 0.3) is 0 Å². The molecule has 0 bridgehead atoms. The lowest BCUT2D eigenvalue weighted by molar-refractivity contribution is -0.122. The number of hydrogen-bond acceptors (Lipinski definition) is 3. The highest BCUT2D eigenvalue weighted by molar-refractivity contribution is 6.32. The van der Waals surface area contributed by atoms with Gasteiger partial charge in [-0.2, -0.15) is 0 Å². The Bertz CT molecular complexity index is 628. The highest BCUT2D eigenvalue weighted by Crippen LogP contribution is 2.25. The second-order valence-corrected chi connectivity index (χ2v) is 5.07. The Kier molecular flexibility index (Phi) is 5.67. The van der Waals surface area contributed by atoms with Gasteiger partial charge in [0.05, 0.1) is 12.1 Å². The minimum absolute atomic E-state index is 0.215. The molecule has 0 aromatic heterocycles. The fourth-order valence-corrected chi connectivity index (χ4v) is 2.09. The number of methoxy groups -OCH3 is 1. The summed E-state index contributed by atoms with van der Waals surface area (Å²) >= 11 is 6.05. The minimum atomic E-state index is -0.609. The van der Waals surface area contributed by atoms with Crippen LogP contribution in [0.3, 0.4) is 0 Å². The molecule has 1 N–H and O–H groups in total. The van der Waals surface area contributed by atoms with Crippen LogP contribution in [-0.4, -0.2) is 19.1 Å². The molecule has 2 rings (SSSR count). The molecule has 0 radical (unpaired) electrons. The number of benzene rings is 2. The number of hydrogen-bond donors (Lipinski definition) is 1. The van der Waals surface area contributed by atoms with E-state index in [1.165, 1.54) is 0 Å². The van der Waals surface area contributed by atoms with Gasteiger partial charge in [0.1, 0.15) is 11.5 Å². The van der Waals surface area contributed by atoms with Crippen LogP contribution in [0.15, 0.2) is 48.5 Å². The van der Waals surface area contributed by atoms with E-state index < -0.39 is 6.10 Å². The maximum Gasteiger partial charge on any atom is 0.265 e. The number of carbonyl (C=O) groups excluding carboxylic acids is 1. The van der Waals surface area contributed by atoms with E-state index >= 15 is 0 Å². The van der Waals surface area contributed by atoms with Gasteiger partial charge in [-0.05, 0) is 42.8 Å². The Morgan fingerprint density at radius 1 is 1.18 bits per heavy atom. The lowest BCUT2D eigenvalue weighted by Gasteiger charge is -2.18. The van der Waals surface area contributed by atoms with E-state index in [-0.39, 0.29) is 5.91 Å². The molecule has 22 heavy (non-hydrogen) atoms. The molecule has 0 aliphatic carbocycles. The van der Waals surface area contributed by atoms with E-state index in [9.17, 15) is 4.79 Å². The Balaban J connectivity index is 2.03. The average Bonchev–Trinajstić information content (AvgIpc) is 2.54. The largest absolute Gasteiger partial charge is 0.497 e. The highest BCUT2D eigenvalue weighted by Gasteiger charge is 2.19. The van der Waals surface area contributed by atoms with Crippen LogP contribution in [0.5, 0.6) is 11.5 Å². The van der Waals surface area contributed by atoms with Gasteiger partial charge < -0.3 is 14.8 Å². The SMILES string of the molecule is CC[C@H](Oc1ccccc1Cl)C(=O)Nc1ccc(OC)cc1. The standard InChI is InChI=1S/C17H18ClNO3/c1-3-15(22-16-7-5-4-6-14(16)18)17(20)19-12-8-10-13(21-2)11-9-12/h4-11,15H,3H2,1-2H3,(H,19,20)/t15-/m0/s1. The number of carbonyl (C=O) groups is 1. The summed E-state index contributed by atoms with van der Waals surface area (Å²) in [7, 11) is 1.60. The van der Waals surface area contributed by atoms with Crippen molar-refractivity contribution < 1.29 is 14.3 Å². The van der Waals surface area contributed by atoms with Gasteiger partial charge in [0.25, 0.3) is 5.91 Å². The fourth-order valence-electron chi connectivity index (χ4n) is 1.91. The number of para-hydroxylation sites is 1. The van der Waals surface area contributed by atoms with Crippen LogP contribution in [0.2, 0.25) is 5.02 Å². The van der Waals surface area contributed by atoms with Gasteiger partial charge in [-0.15, -0.1) is 0 Å². The molecule has 0 heterocycles. The summed E-state index contributed by atoms with van der Waals surface area (Å²) in [5, 5.41) is 3.31. The van der Waals surface area contributed by atoms with Gasteiger partial charge in [-0.1, -0.05) is 30.7 Å². The van der Waals surface area contributed by atoms with Crippen molar-refractivity contribution in [1.29, 1.82) is 0 Å². The third-order valence-electron chi connectivity index (χ3n) is 3.13. The fraction of sp³-hybridized carbons (Fsp3) is 0.235. The molecule has 0 saturated heterocycles. The zero-order valence-electron chi connectivity index (χ0n) is 12.5. The van der Waals surface area contributed by atoms with Gasteiger partial charge >= 0.3 is 0 Å². The number of halogens is 1. The van der Waals surface area contributed by atoms with Gasteiger partial charge in [0.2, 0.25) is 0 Å². The minimum Gasteiger partial charge on any atom is -0.497 e. The van der Waals surface area contributed by atoms with Gasteiger partial charge in [-0.25, -0.2) is 0 Å². The van der Waals surface area contributed by atoms with E-state index in [0.717, 1.165) is 5.75 Å². The van der Waals surface area contributed by atoms with E-state index in [2.05, 4.69) is 5.32 Å². The Morgan fingerprint density at radius 3 is 2.45 bits per heavy atom. The lowest BCUT2D eigenvalue weighted by Crippen LogP contribution is -2.32. The molecule has 0 unspecified atom stereocenters. The molecular weight excluding hydrogens is 302 g/mol. The summed E-state index contributed by atoms with van der Waals surface area (Å²) in [4.78, 5) is 12.3. The number of amides is 1. The predicted octanol–water partition coefficient (Wildman–Crippen LogP) is 4.14. The van der Waals surface area contributed by atoms with E-state index in [1.54, 1.807) is 43.5 Å². The first-order chi connectivity index (χ1) is 10.6. The van der Waals surface area contributed by atoms with Crippen molar-refractivity contribution in [3.05, 3.63) is 53.6 Å². The predicted molar refractivity (Wildman–Crippen MR) is 87.8 cm³/mol. The normalized spacial score (nSPS) is 11.6. The molecule has 0 aliphatic heterocycles. The summed E-state index contributed by atoms with van der Waals surface area (Å²) in [5.74, 6) is 1.02. The summed E-state index contributed by atoms with van der Waals surface area (Å²) in [5.41, 5.74) is 0.687. The number of nitrogens with one attached hydrogen (secondary N) is 1. The molecule has 5 heteroatoms. The molecule has 4 nitrogen and oxygen atoms in total. The van der Waals surface area contributed by atoms with Gasteiger partial charge in [0.15, 0.2) is 6.10 Å². The topological polar surface area (TPSA) is 47.6 Å². The summed E-state index contributed by atoms with van der Waals surface area (Å²) in [6.07, 6.45) is -0.0743. The first-order valence-corrected chi connectivity index (χ1v) is 7.38. The van der Waals surface area contributed by atoms with Crippen molar-refractivity contribution in [2.75, 3.05) is 12.4 Å². The molecule has 0 aliphatic rings. The molecule has 0 saturated carbocycles. The van der Waals surface area contributed by atoms with Crippen LogP contribution in [0, 0.1) is 0 Å². The Hall–Kier alpha value is -2.20. The zero-order valence-corrected chi connectivity index (χ0v) is 13.3. The smallest absolute Gasteiger partial charge is 0.265 e. The number of ether oxygens (including phenoxy) is 2. The van der Waals surface area contributed by atoms with Crippen molar-refractivity contribution in [3.63, 3.8) is 0 Å². The van der Waals surface area contributed by atoms with Gasteiger partial charge in [-0.3, -0.25) is 4.79 Å². The molecule has 2 aromatic rings. The van der Waals surface area contributed by atoms with Crippen molar-refractivity contribution in [2.24, 2.45) is 0 Å². The van der Waals surface area contributed by atoms with Gasteiger partial charge in [0, 0.05) is 5.69 Å². The molecule has 116 valence electrons. The second kappa shape index (κ2) is 7.71. The van der Waals surface area contributed by atoms with Crippen molar-refractivity contribution in [3.8, 4) is 11.5 Å². The molecule has 1 amide bonds. The van der Waals surface area contributed by atoms with Crippen LogP contribution in [0.4, 0.5) is 5.69 Å². The van der Waals surface area contributed by atoms with Crippen molar-refractivity contribution in [1.82, 2.24) is 0 Å². The molecule has 0 fully saturated rings. The molecule has 1 atom stereocenters. The molecule has 2 aromatic carbocycles. The Labute approximate surface area is 135 Å². The summed E-state index contributed by atoms with van der Waals surface area (Å²) in [6.45, 7) is 1.88. The Morgan fingerprint density at radius 2 is 1.86 bits per heavy atom. The zero-order chi connectivity index (χ0) is 15.9. The van der Waals surface area contributed by atoms with Crippen molar-refractivity contribution in [2.45, 2.75) is 19.4 Å². The van der Waals surface area contributed by atoms with E-state index in [0.29, 0.717) is 22.9 Å². The maximum atomic E-state index is 12.3. The highest BCUT2D eigenvalue weighted by atomic mass is 35.5. The van der Waals surface area contributed by atoms with Crippen LogP contribution >= 0.6 is 11.6 Å². The van der Waals surface area contributed by atoms with Crippen molar-refractivity contribution >= 4 is 23.2 Å². The monoisotopic (exact) mass is 319 g/mol. The van der Waals surface area contributed by atoms with Crippen LogP contribution < -0.4 is 14.8 Å². The first kappa shape index (κ1) is 16.2. The second-order valence-electron chi connectivity index (χ2n) is 4.66. The average molecular weight is 320 g/mol. The summed E-state index contributed by atoms with van der Waals surface area (Å²) < 4.78 is 10.8. The third kappa shape index (κ3) is 4.15. The maximum absolute atomic E-state index is 12.3. The quantitative estimate of drug-likeness (QED) is 0.870.